The van der Waals surface area contributed by atoms with Crippen molar-refractivity contribution < 1.29 is 9.90 Å². The lowest BCUT2D eigenvalue weighted by Gasteiger charge is -2.18. The van der Waals surface area contributed by atoms with Crippen LogP contribution in [0.4, 0.5) is 5.69 Å². The molecule has 0 fully saturated rings. The van der Waals surface area contributed by atoms with Crippen molar-refractivity contribution in [2.75, 3.05) is 5.32 Å². The van der Waals surface area contributed by atoms with E-state index < -0.39 is 5.97 Å². The molecule has 0 amide bonds. The molecule has 0 aliphatic carbocycles. The molecule has 1 atom stereocenters. The van der Waals surface area contributed by atoms with Crippen molar-refractivity contribution in [1.29, 1.82) is 5.26 Å². The summed E-state index contributed by atoms with van der Waals surface area (Å²) in [4.78, 5) is 10.8. The number of aliphatic carboxylic acids is 1. The Morgan fingerprint density at radius 2 is 2.33 bits per heavy atom. The normalized spacial score (nSPS) is 11.6. The van der Waals surface area contributed by atoms with Gasteiger partial charge in [-0.1, -0.05) is 13.3 Å². The summed E-state index contributed by atoms with van der Waals surface area (Å²) in [6.07, 6.45) is 1.79. The smallest absolute Gasteiger partial charge is 0.305 e. The number of halogens is 1. The molecule has 1 aromatic rings. The van der Waals surface area contributed by atoms with E-state index in [1.54, 1.807) is 18.2 Å². The van der Waals surface area contributed by atoms with Gasteiger partial charge >= 0.3 is 5.97 Å². The van der Waals surface area contributed by atoms with Gasteiger partial charge < -0.3 is 10.4 Å². The molecule has 0 saturated carbocycles. The Kier molecular flexibility index (Phi) is 5.66. The Balaban J connectivity index is 2.80. The molecule has 4 nitrogen and oxygen atoms in total. The Hall–Kier alpha value is -1.54. The van der Waals surface area contributed by atoms with Crippen molar-refractivity contribution in [3.63, 3.8) is 0 Å². The van der Waals surface area contributed by atoms with Gasteiger partial charge in [-0.2, -0.15) is 5.26 Å². The lowest BCUT2D eigenvalue weighted by molar-refractivity contribution is -0.137. The van der Waals surface area contributed by atoms with Crippen LogP contribution >= 0.6 is 15.9 Å². The molecule has 1 unspecified atom stereocenters. The van der Waals surface area contributed by atoms with Crippen LogP contribution in [0.1, 0.15) is 31.7 Å². The maximum absolute atomic E-state index is 10.8. The van der Waals surface area contributed by atoms with E-state index in [0.717, 1.165) is 23.0 Å². The predicted octanol–water partition coefficient (Wildman–Crippen LogP) is 3.38. The third-order valence-electron chi connectivity index (χ3n) is 2.52. The van der Waals surface area contributed by atoms with E-state index in [1.807, 2.05) is 6.92 Å². The number of carboxylic acid groups (broad SMARTS) is 1. The van der Waals surface area contributed by atoms with Gasteiger partial charge in [-0.05, 0) is 40.5 Å². The largest absolute Gasteiger partial charge is 0.481 e. The average Bonchev–Trinajstić information content (AvgIpc) is 2.31. The quantitative estimate of drug-likeness (QED) is 0.844. The zero-order chi connectivity index (χ0) is 13.5. The molecule has 1 aromatic carbocycles. The highest BCUT2D eigenvalue weighted by Crippen LogP contribution is 2.25. The number of nitrogens with one attached hydrogen (secondary N) is 1. The molecule has 0 radical (unpaired) electrons. The molecule has 18 heavy (non-hydrogen) atoms. The van der Waals surface area contributed by atoms with Crippen LogP contribution in [0.25, 0.3) is 0 Å². The first kappa shape index (κ1) is 14.5. The number of carboxylic acids is 1. The molecule has 0 aliphatic rings. The van der Waals surface area contributed by atoms with Gasteiger partial charge in [0.15, 0.2) is 0 Å². The van der Waals surface area contributed by atoms with Crippen LogP contribution in [0.5, 0.6) is 0 Å². The fourth-order valence-electron chi connectivity index (χ4n) is 1.71. The van der Waals surface area contributed by atoms with Gasteiger partial charge in [0.1, 0.15) is 0 Å². The molecule has 0 heterocycles. The molecule has 2 N–H and O–H groups in total. The second-order valence-electron chi connectivity index (χ2n) is 4.03. The second kappa shape index (κ2) is 7.02. The standard InChI is InChI=1S/C13H15BrN2O2/c1-2-3-10(7-13(17)18)16-12-5-4-9(8-15)6-11(12)14/h4-6,10,16H,2-3,7H2,1H3,(H,17,18). The van der Waals surface area contributed by atoms with Crippen LogP contribution in [0.2, 0.25) is 0 Å². The highest BCUT2D eigenvalue weighted by atomic mass is 79.9. The summed E-state index contributed by atoms with van der Waals surface area (Å²) in [6, 6.07) is 7.16. The van der Waals surface area contributed by atoms with Gasteiger partial charge in [-0.3, -0.25) is 4.79 Å². The summed E-state index contributed by atoms with van der Waals surface area (Å²) in [5.74, 6) is -0.814. The van der Waals surface area contributed by atoms with E-state index in [1.165, 1.54) is 0 Å². The number of hydrogen-bond acceptors (Lipinski definition) is 3. The monoisotopic (exact) mass is 310 g/mol. The number of nitriles is 1. The van der Waals surface area contributed by atoms with Crippen LogP contribution in [-0.4, -0.2) is 17.1 Å². The third kappa shape index (κ3) is 4.38. The summed E-state index contributed by atoms with van der Waals surface area (Å²) >= 11 is 3.37. The minimum atomic E-state index is -0.814. The van der Waals surface area contributed by atoms with Crippen LogP contribution in [-0.2, 0) is 4.79 Å². The van der Waals surface area contributed by atoms with Crippen LogP contribution in [0.15, 0.2) is 22.7 Å². The van der Waals surface area contributed by atoms with E-state index >= 15 is 0 Å². The summed E-state index contributed by atoms with van der Waals surface area (Å²) < 4.78 is 0.771. The number of carbonyl (C=O) groups is 1. The first-order valence-corrected chi connectivity index (χ1v) is 6.54. The summed E-state index contributed by atoms with van der Waals surface area (Å²) in [6.45, 7) is 2.02. The van der Waals surface area contributed by atoms with E-state index in [4.69, 9.17) is 10.4 Å². The fourth-order valence-corrected chi connectivity index (χ4v) is 2.20. The van der Waals surface area contributed by atoms with Gasteiger partial charge in [0, 0.05) is 16.2 Å². The molecular weight excluding hydrogens is 296 g/mol. The number of nitrogens with zero attached hydrogens (tertiary/aromatic N) is 1. The molecule has 0 aliphatic heterocycles. The Labute approximate surface area is 115 Å². The Bertz CT molecular complexity index is 469. The topological polar surface area (TPSA) is 73.1 Å². The summed E-state index contributed by atoms with van der Waals surface area (Å²) in [5.41, 5.74) is 1.38. The second-order valence-corrected chi connectivity index (χ2v) is 4.89. The predicted molar refractivity (Wildman–Crippen MR) is 73.4 cm³/mol. The first-order chi connectivity index (χ1) is 8.56. The first-order valence-electron chi connectivity index (χ1n) is 5.74. The van der Waals surface area contributed by atoms with E-state index in [-0.39, 0.29) is 12.5 Å². The lowest BCUT2D eigenvalue weighted by atomic mass is 10.1. The maximum Gasteiger partial charge on any atom is 0.305 e. The zero-order valence-electron chi connectivity index (χ0n) is 10.1. The van der Waals surface area contributed by atoms with E-state index in [9.17, 15) is 4.79 Å². The number of anilines is 1. The molecule has 1 rings (SSSR count). The van der Waals surface area contributed by atoms with Gasteiger partial charge in [-0.25, -0.2) is 0 Å². The van der Waals surface area contributed by atoms with Crippen molar-refractivity contribution in [3.8, 4) is 6.07 Å². The van der Waals surface area contributed by atoms with E-state index in [2.05, 4.69) is 27.3 Å². The van der Waals surface area contributed by atoms with Crippen LogP contribution in [0.3, 0.4) is 0 Å². The lowest BCUT2D eigenvalue weighted by Crippen LogP contribution is -2.23. The van der Waals surface area contributed by atoms with Crippen molar-refractivity contribution in [2.45, 2.75) is 32.2 Å². The zero-order valence-corrected chi connectivity index (χ0v) is 11.7. The van der Waals surface area contributed by atoms with Crippen molar-refractivity contribution in [2.24, 2.45) is 0 Å². The van der Waals surface area contributed by atoms with Crippen molar-refractivity contribution in [3.05, 3.63) is 28.2 Å². The minimum Gasteiger partial charge on any atom is -0.481 e. The van der Waals surface area contributed by atoms with Gasteiger partial charge in [0.2, 0.25) is 0 Å². The average molecular weight is 311 g/mol. The fraction of sp³-hybridized carbons (Fsp3) is 0.385. The molecular formula is C13H15BrN2O2. The van der Waals surface area contributed by atoms with Crippen molar-refractivity contribution >= 4 is 27.6 Å². The van der Waals surface area contributed by atoms with E-state index in [0.29, 0.717) is 5.56 Å². The summed E-state index contributed by atoms with van der Waals surface area (Å²) in [7, 11) is 0. The maximum atomic E-state index is 10.8. The van der Waals surface area contributed by atoms with Crippen LogP contribution in [0, 0.1) is 11.3 Å². The molecule has 0 bridgehead atoms. The Morgan fingerprint density at radius 3 is 2.83 bits per heavy atom. The molecule has 5 heteroatoms. The number of benzene rings is 1. The summed E-state index contributed by atoms with van der Waals surface area (Å²) in [5, 5.41) is 20.8. The number of hydrogen-bond donors (Lipinski definition) is 2. The molecule has 0 spiro atoms. The van der Waals surface area contributed by atoms with Gasteiger partial charge in [0.05, 0.1) is 18.1 Å². The molecule has 0 saturated heterocycles. The highest BCUT2D eigenvalue weighted by molar-refractivity contribution is 9.10. The van der Waals surface area contributed by atoms with Gasteiger partial charge in [0.25, 0.3) is 0 Å². The minimum absolute atomic E-state index is 0.0836. The third-order valence-corrected chi connectivity index (χ3v) is 3.17. The van der Waals surface area contributed by atoms with Crippen molar-refractivity contribution in [1.82, 2.24) is 0 Å². The highest BCUT2D eigenvalue weighted by Gasteiger charge is 2.13. The molecule has 96 valence electrons. The van der Waals surface area contributed by atoms with Gasteiger partial charge in [-0.15, -0.1) is 0 Å². The SMILES string of the molecule is CCCC(CC(=O)O)Nc1ccc(C#N)cc1Br. The van der Waals surface area contributed by atoms with Crippen LogP contribution < -0.4 is 5.32 Å². The number of rotatable bonds is 6. The Morgan fingerprint density at radius 1 is 1.61 bits per heavy atom. The molecule has 0 aromatic heterocycles.